The molecule has 0 fully saturated rings. The van der Waals surface area contributed by atoms with Crippen LogP contribution in [0.1, 0.15) is 24.0 Å². The van der Waals surface area contributed by atoms with E-state index >= 15 is 0 Å². The first-order valence-electron chi connectivity index (χ1n) is 6.11. The van der Waals surface area contributed by atoms with Crippen molar-refractivity contribution in [2.45, 2.75) is 12.8 Å². The third kappa shape index (κ3) is 2.66. The van der Waals surface area contributed by atoms with Crippen LogP contribution in [0.3, 0.4) is 0 Å². The highest BCUT2D eigenvalue weighted by Crippen LogP contribution is 2.27. The van der Waals surface area contributed by atoms with Crippen molar-refractivity contribution in [2.75, 3.05) is 0 Å². The highest BCUT2D eigenvalue weighted by atomic mass is 16.3. The summed E-state index contributed by atoms with van der Waals surface area (Å²) in [6.07, 6.45) is 1.83. The Labute approximate surface area is 113 Å². The molecule has 0 aromatic heterocycles. The number of hydrogen-bond acceptors (Lipinski definition) is 2. The Morgan fingerprint density at radius 3 is 2.37 bits per heavy atom. The lowest BCUT2D eigenvalue weighted by atomic mass is 9.93. The van der Waals surface area contributed by atoms with Gasteiger partial charge in [0.1, 0.15) is 5.75 Å². The van der Waals surface area contributed by atoms with E-state index in [1.807, 2.05) is 43.3 Å². The predicted molar refractivity (Wildman–Crippen MR) is 76.9 cm³/mol. The molecule has 1 N–H and O–H groups in total. The van der Waals surface area contributed by atoms with Crippen LogP contribution in [0, 0.1) is 11.3 Å². The lowest BCUT2D eigenvalue weighted by molar-refractivity contribution is 0.475. The summed E-state index contributed by atoms with van der Waals surface area (Å²) < 4.78 is 0. The van der Waals surface area contributed by atoms with Crippen LogP contribution in [0.2, 0.25) is 0 Å². The third-order valence-electron chi connectivity index (χ3n) is 3.22. The number of hydrogen-bond donors (Lipinski definition) is 1. The molecule has 1 unspecified atom stereocenters. The Hall–Kier alpha value is -2.53. The fourth-order valence-electron chi connectivity index (χ4n) is 2.01. The molecule has 0 radical (unpaired) electrons. The molecule has 0 bridgehead atoms. The van der Waals surface area contributed by atoms with Crippen molar-refractivity contribution < 1.29 is 5.11 Å². The summed E-state index contributed by atoms with van der Waals surface area (Å²) in [5, 5.41) is 18.5. The van der Waals surface area contributed by atoms with Crippen molar-refractivity contribution >= 4 is 0 Å². The molecular weight excluding hydrogens is 234 g/mol. The first kappa shape index (κ1) is 12.9. The van der Waals surface area contributed by atoms with Crippen molar-refractivity contribution in [3.63, 3.8) is 0 Å². The van der Waals surface area contributed by atoms with E-state index in [0.717, 1.165) is 16.7 Å². The van der Waals surface area contributed by atoms with E-state index in [2.05, 4.69) is 12.6 Å². The first-order valence-corrected chi connectivity index (χ1v) is 6.11. The van der Waals surface area contributed by atoms with Gasteiger partial charge in [-0.25, -0.2) is 0 Å². The van der Waals surface area contributed by atoms with Crippen LogP contribution < -0.4 is 0 Å². The molecule has 2 heteroatoms. The highest BCUT2D eigenvalue weighted by Gasteiger charge is 2.09. The largest absolute Gasteiger partial charge is 0.508 e. The molecule has 2 aromatic rings. The monoisotopic (exact) mass is 249 g/mol. The average Bonchev–Trinajstić information content (AvgIpc) is 2.46. The fraction of sp³-hybridized carbons (Fsp3) is 0.118. The standard InChI is InChI=1S/C17H15NO/c1-3-12(2)17-9-6-14(10-15(17)11-18)13-4-7-16(19)8-5-13/h3-10,12,19H,1H2,2H3. The Morgan fingerprint density at radius 2 is 1.79 bits per heavy atom. The van der Waals surface area contributed by atoms with E-state index in [4.69, 9.17) is 0 Å². The Morgan fingerprint density at radius 1 is 1.16 bits per heavy atom. The number of phenolic OH excluding ortho intramolecular Hbond substituents is 1. The van der Waals surface area contributed by atoms with Gasteiger partial charge in [0.15, 0.2) is 0 Å². The summed E-state index contributed by atoms with van der Waals surface area (Å²) in [6.45, 7) is 5.78. The topological polar surface area (TPSA) is 44.0 Å². The number of allylic oxidation sites excluding steroid dienone is 1. The Balaban J connectivity index is 2.48. The predicted octanol–water partition coefficient (Wildman–Crippen LogP) is 4.22. The van der Waals surface area contributed by atoms with Gasteiger partial charge in [-0.3, -0.25) is 0 Å². The summed E-state index contributed by atoms with van der Waals surface area (Å²) in [6, 6.07) is 15.0. The molecule has 2 aromatic carbocycles. The van der Waals surface area contributed by atoms with Gasteiger partial charge in [0.2, 0.25) is 0 Å². The van der Waals surface area contributed by atoms with Gasteiger partial charge in [-0.1, -0.05) is 37.3 Å². The minimum Gasteiger partial charge on any atom is -0.508 e. The van der Waals surface area contributed by atoms with Crippen molar-refractivity contribution in [1.29, 1.82) is 5.26 Å². The summed E-state index contributed by atoms with van der Waals surface area (Å²) >= 11 is 0. The highest BCUT2D eigenvalue weighted by molar-refractivity contribution is 5.67. The lowest BCUT2D eigenvalue weighted by Gasteiger charge is -2.10. The lowest BCUT2D eigenvalue weighted by Crippen LogP contribution is -1.94. The number of benzene rings is 2. The van der Waals surface area contributed by atoms with Crippen LogP contribution in [0.5, 0.6) is 5.75 Å². The number of rotatable bonds is 3. The minimum atomic E-state index is 0.156. The third-order valence-corrected chi connectivity index (χ3v) is 3.22. The van der Waals surface area contributed by atoms with Crippen LogP contribution in [0.15, 0.2) is 55.1 Å². The van der Waals surface area contributed by atoms with Crippen LogP contribution in [-0.2, 0) is 0 Å². The summed E-state index contributed by atoms with van der Waals surface area (Å²) in [7, 11) is 0. The molecule has 0 saturated heterocycles. The van der Waals surface area contributed by atoms with Gasteiger partial charge in [0.05, 0.1) is 11.6 Å². The van der Waals surface area contributed by atoms with E-state index in [0.29, 0.717) is 5.56 Å². The molecule has 0 aliphatic heterocycles. The van der Waals surface area contributed by atoms with E-state index < -0.39 is 0 Å². The molecule has 94 valence electrons. The van der Waals surface area contributed by atoms with E-state index in [1.165, 1.54) is 0 Å². The van der Waals surface area contributed by atoms with Crippen molar-refractivity contribution in [2.24, 2.45) is 0 Å². The van der Waals surface area contributed by atoms with E-state index in [9.17, 15) is 10.4 Å². The smallest absolute Gasteiger partial charge is 0.115 e. The first-order chi connectivity index (χ1) is 9.15. The fourth-order valence-corrected chi connectivity index (χ4v) is 2.01. The summed E-state index contributed by atoms with van der Waals surface area (Å²) in [5.41, 5.74) is 3.60. The molecule has 0 heterocycles. The zero-order valence-electron chi connectivity index (χ0n) is 10.8. The Kier molecular flexibility index (Phi) is 3.68. The quantitative estimate of drug-likeness (QED) is 0.828. The molecule has 0 saturated carbocycles. The summed E-state index contributed by atoms with van der Waals surface area (Å²) in [5.74, 6) is 0.393. The molecule has 0 amide bonds. The van der Waals surface area contributed by atoms with Crippen LogP contribution >= 0.6 is 0 Å². The van der Waals surface area contributed by atoms with E-state index in [1.54, 1.807) is 12.1 Å². The van der Waals surface area contributed by atoms with Gasteiger partial charge >= 0.3 is 0 Å². The van der Waals surface area contributed by atoms with Crippen molar-refractivity contribution in [1.82, 2.24) is 0 Å². The molecular formula is C17H15NO. The van der Waals surface area contributed by atoms with Gasteiger partial charge in [-0.05, 0) is 34.9 Å². The minimum absolute atomic E-state index is 0.156. The number of nitrogens with zero attached hydrogens (tertiary/aromatic N) is 1. The second kappa shape index (κ2) is 5.41. The molecule has 1 atom stereocenters. The maximum Gasteiger partial charge on any atom is 0.115 e. The zero-order valence-corrected chi connectivity index (χ0v) is 10.8. The zero-order chi connectivity index (χ0) is 13.8. The summed E-state index contributed by atoms with van der Waals surface area (Å²) in [4.78, 5) is 0. The number of phenols is 1. The maximum atomic E-state index is 9.29. The van der Waals surface area contributed by atoms with Crippen LogP contribution in [-0.4, -0.2) is 5.11 Å². The van der Waals surface area contributed by atoms with Crippen LogP contribution in [0.25, 0.3) is 11.1 Å². The second-order valence-electron chi connectivity index (χ2n) is 4.49. The van der Waals surface area contributed by atoms with Gasteiger partial charge in [0, 0.05) is 5.92 Å². The average molecular weight is 249 g/mol. The van der Waals surface area contributed by atoms with Crippen molar-refractivity contribution in [3.8, 4) is 22.9 Å². The van der Waals surface area contributed by atoms with Gasteiger partial charge in [0.25, 0.3) is 0 Å². The number of aromatic hydroxyl groups is 1. The number of nitriles is 1. The van der Waals surface area contributed by atoms with Gasteiger partial charge in [-0.2, -0.15) is 5.26 Å². The molecule has 2 rings (SSSR count). The van der Waals surface area contributed by atoms with Crippen LogP contribution in [0.4, 0.5) is 0 Å². The van der Waals surface area contributed by atoms with E-state index in [-0.39, 0.29) is 11.7 Å². The SMILES string of the molecule is C=CC(C)c1ccc(-c2ccc(O)cc2)cc1C#N. The molecule has 0 spiro atoms. The Bertz CT molecular complexity index is 635. The normalized spacial score (nSPS) is 11.6. The van der Waals surface area contributed by atoms with Crippen molar-refractivity contribution in [3.05, 3.63) is 66.2 Å². The molecule has 19 heavy (non-hydrogen) atoms. The molecule has 2 nitrogen and oxygen atoms in total. The molecule has 0 aliphatic rings. The molecule has 0 aliphatic carbocycles. The van der Waals surface area contributed by atoms with Gasteiger partial charge < -0.3 is 5.11 Å². The second-order valence-corrected chi connectivity index (χ2v) is 4.49. The van der Waals surface area contributed by atoms with Gasteiger partial charge in [-0.15, -0.1) is 6.58 Å². The maximum absolute atomic E-state index is 9.29.